The maximum absolute atomic E-state index is 12.2. The summed E-state index contributed by atoms with van der Waals surface area (Å²) in [6, 6.07) is 5.79. The molecule has 102 valence electrons. The average molecular weight is 259 g/mol. The lowest BCUT2D eigenvalue weighted by Gasteiger charge is -2.14. The summed E-state index contributed by atoms with van der Waals surface area (Å²) < 4.78 is 0. The summed E-state index contributed by atoms with van der Waals surface area (Å²) in [5, 5.41) is 10.9. The Morgan fingerprint density at radius 2 is 2.26 bits per heavy atom. The molecule has 0 aliphatic carbocycles. The van der Waals surface area contributed by atoms with E-state index in [1.165, 1.54) is 0 Å². The molecule has 1 heterocycles. The summed E-state index contributed by atoms with van der Waals surface area (Å²) in [6.45, 7) is 4.22. The van der Waals surface area contributed by atoms with Crippen LogP contribution >= 0.6 is 0 Å². The zero-order chi connectivity index (χ0) is 13.7. The van der Waals surface area contributed by atoms with Crippen molar-refractivity contribution in [2.75, 3.05) is 5.32 Å². The van der Waals surface area contributed by atoms with Crippen LogP contribution in [0.15, 0.2) is 24.4 Å². The molecule has 1 unspecified atom stereocenters. The molecule has 2 N–H and O–H groups in total. The first kappa shape index (κ1) is 13.6. The largest absolute Gasteiger partial charge is 0.326 e. The maximum atomic E-state index is 12.2. The van der Waals surface area contributed by atoms with Crippen molar-refractivity contribution in [3.05, 3.63) is 24.4 Å². The Morgan fingerprint density at radius 3 is 3.00 bits per heavy atom. The number of amides is 1. The van der Waals surface area contributed by atoms with Crippen molar-refractivity contribution >= 4 is 22.5 Å². The van der Waals surface area contributed by atoms with E-state index in [-0.39, 0.29) is 11.8 Å². The van der Waals surface area contributed by atoms with Crippen molar-refractivity contribution in [3.63, 3.8) is 0 Å². The molecule has 0 bridgehead atoms. The van der Waals surface area contributed by atoms with E-state index in [9.17, 15) is 4.79 Å². The summed E-state index contributed by atoms with van der Waals surface area (Å²) in [5.74, 6) is 0.235. The second-order valence-corrected chi connectivity index (χ2v) is 4.91. The van der Waals surface area contributed by atoms with E-state index in [2.05, 4.69) is 29.4 Å². The first-order chi connectivity index (χ1) is 9.24. The summed E-state index contributed by atoms with van der Waals surface area (Å²) in [4.78, 5) is 12.2. The van der Waals surface area contributed by atoms with Gasteiger partial charge in [-0.05, 0) is 31.0 Å². The third-order valence-corrected chi connectivity index (χ3v) is 3.48. The van der Waals surface area contributed by atoms with Crippen LogP contribution in [0.5, 0.6) is 0 Å². The summed E-state index contributed by atoms with van der Waals surface area (Å²) in [7, 11) is 0. The fourth-order valence-electron chi connectivity index (χ4n) is 2.24. The Hall–Kier alpha value is -1.84. The van der Waals surface area contributed by atoms with Crippen molar-refractivity contribution in [2.24, 2.45) is 5.92 Å². The molecule has 0 spiro atoms. The molecule has 2 aromatic rings. The lowest BCUT2D eigenvalue weighted by atomic mass is 9.98. The van der Waals surface area contributed by atoms with Gasteiger partial charge < -0.3 is 5.32 Å². The molecule has 0 saturated heterocycles. The first-order valence-corrected chi connectivity index (χ1v) is 6.98. The van der Waals surface area contributed by atoms with Crippen molar-refractivity contribution in [1.82, 2.24) is 10.2 Å². The second-order valence-electron chi connectivity index (χ2n) is 4.91. The molecule has 1 amide bonds. The Balaban J connectivity index is 2.04. The fourth-order valence-corrected chi connectivity index (χ4v) is 2.24. The number of unbranched alkanes of at least 4 members (excludes halogenated alkanes) is 1. The zero-order valence-corrected chi connectivity index (χ0v) is 11.6. The molecule has 0 fully saturated rings. The zero-order valence-electron chi connectivity index (χ0n) is 11.6. The van der Waals surface area contributed by atoms with E-state index in [1.54, 1.807) is 6.20 Å². The van der Waals surface area contributed by atoms with Crippen LogP contribution < -0.4 is 5.32 Å². The number of fused-ring (bicyclic) bond motifs is 1. The monoisotopic (exact) mass is 259 g/mol. The highest BCUT2D eigenvalue weighted by Gasteiger charge is 2.15. The number of nitrogens with one attached hydrogen (secondary N) is 2. The van der Waals surface area contributed by atoms with E-state index in [0.717, 1.165) is 42.3 Å². The molecule has 4 nitrogen and oxygen atoms in total. The quantitative estimate of drug-likeness (QED) is 0.830. The molecule has 19 heavy (non-hydrogen) atoms. The predicted molar refractivity (Wildman–Crippen MR) is 78.0 cm³/mol. The Labute approximate surface area is 113 Å². The highest BCUT2D eigenvalue weighted by atomic mass is 16.1. The van der Waals surface area contributed by atoms with E-state index in [0.29, 0.717) is 0 Å². The number of nitrogens with zero attached hydrogens (tertiary/aromatic N) is 1. The molecule has 1 aromatic heterocycles. The van der Waals surface area contributed by atoms with Crippen molar-refractivity contribution in [3.8, 4) is 0 Å². The van der Waals surface area contributed by atoms with Crippen molar-refractivity contribution in [1.29, 1.82) is 0 Å². The second kappa shape index (κ2) is 6.36. The van der Waals surface area contributed by atoms with Gasteiger partial charge in [0, 0.05) is 17.0 Å². The lowest BCUT2D eigenvalue weighted by Crippen LogP contribution is -2.22. The van der Waals surface area contributed by atoms with Crippen molar-refractivity contribution in [2.45, 2.75) is 39.5 Å². The number of aromatic amines is 1. The molecule has 0 saturated carbocycles. The molecule has 1 atom stereocenters. The first-order valence-electron chi connectivity index (χ1n) is 6.98. The van der Waals surface area contributed by atoms with E-state index in [4.69, 9.17) is 0 Å². The van der Waals surface area contributed by atoms with Gasteiger partial charge in [0.05, 0.1) is 11.7 Å². The topological polar surface area (TPSA) is 57.8 Å². The lowest BCUT2D eigenvalue weighted by molar-refractivity contribution is -0.120. The van der Waals surface area contributed by atoms with E-state index in [1.807, 2.05) is 18.2 Å². The number of anilines is 1. The number of aromatic nitrogens is 2. The standard InChI is InChI=1S/C15H21N3O/c1-3-5-6-11(4-2)15(19)17-13-7-8-14-12(9-13)10-16-18-14/h7-11H,3-6H2,1-2H3,(H,16,18)(H,17,19). The summed E-state index contributed by atoms with van der Waals surface area (Å²) in [5.41, 5.74) is 1.82. The minimum absolute atomic E-state index is 0.111. The van der Waals surface area contributed by atoms with Gasteiger partial charge in [-0.1, -0.05) is 26.7 Å². The summed E-state index contributed by atoms with van der Waals surface area (Å²) >= 11 is 0. The van der Waals surface area contributed by atoms with Gasteiger partial charge in [-0.25, -0.2) is 0 Å². The third kappa shape index (κ3) is 3.34. The maximum Gasteiger partial charge on any atom is 0.227 e. The number of rotatable bonds is 6. The van der Waals surface area contributed by atoms with Gasteiger partial charge >= 0.3 is 0 Å². The van der Waals surface area contributed by atoms with Crippen molar-refractivity contribution < 1.29 is 4.79 Å². The Bertz CT molecular complexity index is 547. The van der Waals surface area contributed by atoms with Crippen LogP contribution in [0, 0.1) is 5.92 Å². The van der Waals surface area contributed by atoms with Gasteiger partial charge in [-0.2, -0.15) is 5.10 Å². The van der Waals surface area contributed by atoms with Crippen LogP contribution in [0.4, 0.5) is 5.69 Å². The molecule has 2 rings (SSSR count). The Morgan fingerprint density at radius 1 is 1.42 bits per heavy atom. The van der Waals surface area contributed by atoms with Crippen LogP contribution in [-0.4, -0.2) is 16.1 Å². The number of hydrogen-bond donors (Lipinski definition) is 2. The third-order valence-electron chi connectivity index (χ3n) is 3.48. The minimum atomic E-state index is 0.111. The van der Waals surface area contributed by atoms with E-state index >= 15 is 0 Å². The molecule has 0 aliphatic rings. The van der Waals surface area contributed by atoms with Gasteiger partial charge in [0.15, 0.2) is 0 Å². The molecule has 0 aliphatic heterocycles. The highest BCUT2D eigenvalue weighted by Crippen LogP contribution is 2.19. The van der Waals surface area contributed by atoms with Gasteiger partial charge in [0.25, 0.3) is 0 Å². The molecule has 1 aromatic carbocycles. The molecular formula is C15H21N3O. The Kier molecular flexibility index (Phi) is 4.55. The van der Waals surface area contributed by atoms with Gasteiger partial charge in [-0.3, -0.25) is 9.89 Å². The number of carbonyl (C=O) groups excluding carboxylic acids is 1. The number of carbonyl (C=O) groups is 1. The van der Waals surface area contributed by atoms with Gasteiger partial charge in [0.1, 0.15) is 0 Å². The van der Waals surface area contributed by atoms with Gasteiger partial charge in [-0.15, -0.1) is 0 Å². The van der Waals surface area contributed by atoms with E-state index < -0.39 is 0 Å². The summed E-state index contributed by atoms with van der Waals surface area (Å²) in [6.07, 6.45) is 5.85. The van der Waals surface area contributed by atoms with Crippen LogP contribution in [0.1, 0.15) is 39.5 Å². The highest BCUT2D eigenvalue weighted by molar-refractivity contribution is 5.94. The average Bonchev–Trinajstić information content (AvgIpc) is 2.87. The SMILES string of the molecule is CCCCC(CC)C(=O)Nc1ccc2[nH]ncc2c1. The van der Waals surface area contributed by atoms with Crippen LogP contribution in [-0.2, 0) is 4.79 Å². The normalized spacial score (nSPS) is 12.5. The number of benzene rings is 1. The number of hydrogen-bond acceptors (Lipinski definition) is 2. The van der Waals surface area contributed by atoms with Crippen LogP contribution in [0.25, 0.3) is 10.9 Å². The number of H-pyrrole nitrogens is 1. The molecule has 4 heteroatoms. The molecular weight excluding hydrogens is 238 g/mol. The van der Waals surface area contributed by atoms with Gasteiger partial charge in [0.2, 0.25) is 5.91 Å². The minimum Gasteiger partial charge on any atom is -0.326 e. The fraction of sp³-hybridized carbons (Fsp3) is 0.467. The molecule has 0 radical (unpaired) electrons. The predicted octanol–water partition coefficient (Wildman–Crippen LogP) is 3.72. The van der Waals surface area contributed by atoms with Crippen LogP contribution in [0.2, 0.25) is 0 Å². The smallest absolute Gasteiger partial charge is 0.227 e. The van der Waals surface area contributed by atoms with Crippen LogP contribution in [0.3, 0.4) is 0 Å².